The van der Waals surface area contributed by atoms with Crippen molar-refractivity contribution in [3.8, 4) is 0 Å². The van der Waals surface area contributed by atoms with Gasteiger partial charge in [0.2, 0.25) is 11.8 Å². The molecule has 0 saturated carbocycles. The van der Waals surface area contributed by atoms with Crippen LogP contribution in [-0.4, -0.2) is 72.5 Å². The van der Waals surface area contributed by atoms with Crippen LogP contribution in [0, 0.1) is 0 Å². The van der Waals surface area contributed by atoms with E-state index in [0.29, 0.717) is 18.5 Å². The van der Waals surface area contributed by atoms with E-state index in [9.17, 15) is 24.3 Å². The Morgan fingerprint density at radius 1 is 0.857 bits per heavy atom. The average molecular weight is 665 g/mol. The van der Waals surface area contributed by atoms with Gasteiger partial charge in [0.1, 0.15) is 12.1 Å². The minimum absolute atomic E-state index is 0.0221. The van der Waals surface area contributed by atoms with Crippen LogP contribution < -0.4 is 16.0 Å². The van der Waals surface area contributed by atoms with Gasteiger partial charge in [-0.2, -0.15) is 0 Å². The molecule has 11 heteroatoms. The first-order chi connectivity index (χ1) is 23.8. The number of nitrogens with one attached hydrogen (secondary N) is 3. The second-order valence-electron chi connectivity index (χ2n) is 11.7. The van der Waals surface area contributed by atoms with E-state index in [1.54, 1.807) is 12.1 Å². The number of nitrogens with zero attached hydrogens (tertiary/aromatic N) is 1. The van der Waals surface area contributed by atoms with Crippen LogP contribution in [0.15, 0.2) is 115 Å². The van der Waals surface area contributed by atoms with E-state index in [2.05, 4.69) is 16.0 Å². The summed E-state index contributed by atoms with van der Waals surface area (Å²) >= 11 is 0. The van der Waals surface area contributed by atoms with Crippen molar-refractivity contribution in [3.63, 3.8) is 0 Å². The maximum atomic E-state index is 14.1. The van der Waals surface area contributed by atoms with E-state index in [0.717, 1.165) is 27.2 Å². The van der Waals surface area contributed by atoms with Gasteiger partial charge in [0.05, 0.1) is 26.4 Å². The summed E-state index contributed by atoms with van der Waals surface area (Å²) in [5, 5.41) is 18.5. The van der Waals surface area contributed by atoms with E-state index >= 15 is 0 Å². The number of methoxy groups -OCH3 is 1. The number of benzene rings is 4. The van der Waals surface area contributed by atoms with Gasteiger partial charge in [0, 0.05) is 18.2 Å². The summed E-state index contributed by atoms with van der Waals surface area (Å²) in [6.45, 7) is 0.231. The molecule has 1 heterocycles. The van der Waals surface area contributed by atoms with Crippen LogP contribution in [0.25, 0.3) is 0 Å². The first kappa shape index (κ1) is 34.6. The van der Waals surface area contributed by atoms with Crippen LogP contribution in [0.3, 0.4) is 0 Å². The third kappa shape index (κ3) is 9.23. The summed E-state index contributed by atoms with van der Waals surface area (Å²) in [6, 6.07) is 33.6. The molecule has 4 aromatic rings. The number of carboxylic acid groups (broad SMARTS) is 1. The fourth-order valence-electron chi connectivity index (χ4n) is 5.99. The minimum Gasteiger partial charge on any atom is -0.465 e. The molecule has 0 aromatic heterocycles. The number of morpholine rings is 1. The van der Waals surface area contributed by atoms with Crippen molar-refractivity contribution in [1.29, 1.82) is 0 Å². The van der Waals surface area contributed by atoms with Crippen molar-refractivity contribution in [1.82, 2.24) is 15.5 Å². The molecule has 254 valence electrons. The van der Waals surface area contributed by atoms with Crippen molar-refractivity contribution in [2.24, 2.45) is 0 Å². The molecular formula is C38H40N4O7. The lowest BCUT2D eigenvalue weighted by molar-refractivity contribution is -0.135. The minimum atomic E-state index is -1.20. The Morgan fingerprint density at radius 2 is 1.45 bits per heavy atom. The number of carbonyl (C=O) groups is 4. The molecule has 1 saturated heterocycles. The maximum Gasteiger partial charge on any atom is 0.408 e. The molecule has 0 unspecified atom stereocenters. The molecule has 4 amide bonds. The van der Waals surface area contributed by atoms with Gasteiger partial charge in [-0.05, 0) is 41.2 Å². The summed E-state index contributed by atoms with van der Waals surface area (Å²) in [5.74, 6) is -1.38. The van der Waals surface area contributed by atoms with Crippen LogP contribution in [0.1, 0.15) is 34.6 Å². The van der Waals surface area contributed by atoms with Crippen molar-refractivity contribution >= 4 is 29.7 Å². The third-order valence-electron chi connectivity index (χ3n) is 8.53. The van der Waals surface area contributed by atoms with Gasteiger partial charge >= 0.3 is 12.2 Å². The second-order valence-corrected chi connectivity index (χ2v) is 11.7. The van der Waals surface area contributed by atoms with Crippen molar-refractivity contribution in [2.75, 3.05) is 25.6 Å². The van der Waals surface area contributed by atoms with E-state index < -0.39 is 48.1 Å². The normalized spacial score (nSPS) is 16.3. The molecule has 4 aromatic carbocycles. The molecule has 1 fully saturated rings. The number of para-hydroxylation sites is 1. The lowest BCUT2D eigenvalue weighted by atomic mass is 9.84. The number of alkyl carbamates (subject to hydrolysis) is 1. The van der Waals surface area contributed by atoms with Gasteiger partial charge < -0.3 is 30.5 Å². The molecule has 0 aliphatic carbocycles. The quantitative estimate of drug-likeness (QED) is 0.163. The number of hydrogen-bond donors (Lipinski definition) is 4. The Labute approximate surface area is 285 Å². The highest BCUT2D eigenvalue weighted by atomic mass is 16.5. The van der Waals surface area contributed by atoms with Crippen molar-refractivity contribution in [3.05, 3.63) is 138 Å². The van der Waals surface area contributed by atoms with Gasteiger partial charge in [-0.15, -0.1) is 0 Å². The second kappa shape index (κ2) is 16.9. The van der Waals surface area contributed by atoms with Gasteiger partial charge in [-0.3, -0.25) is 14.5 Å². The van der Waals surface area contributed by atoms with E-state index in [1.807, 2.05) is 103 Å². The Morgan fingerprint density at radius 3 is 2.06 bits per heavy atom. The van der Waals surface area contributed by atoms with E-state index in [1.165, 1.54) is 7.11 Å². The van der Waals surface area contributed by atoms with Crippen LogP contribution in [0.5, 0.6) is 0 Å². The highest BCUT2D eigenvalue weighted by Gasteiger charge is 2.37. The van der Waals surface area contributed by atoms with Crippen LogP contribution in [-0.2, 0) is 32.0 Å². The molecule has 49 heavy (non-hydrogen) atoms. The van der Waals surface area contributed by atoms with Gasteiger partial charge in [0.25, 0.3) is 0 Å². The zero-order valence-electron chi connectivity index (χ0n) is 27.2. The van der Waals surface area contributed by atoms with Crippen LogP contribution in [0.4, 0.5) is 15.3 Å². The summed E-state index contributed by atoms with van der Waals surface area (Å²) in [7, 11) is 1.25. The first-order valence-corrected chi connectivity index (χ1v) is 16.1. The molecule has 3 atom stereocenters. The smallest absolute Gasteiger partial charge is 0.408 e. The third-order valence-corrected chi connectivity index (χ3v) is 8.53. The zero-order chi connectivity index (χ0) is 34.6. The topological polar surface area (TPSA) is 146 Å². The summed E-state index contributed by atoms with van der Waals surface area (Å²) in [4.78, 5) is 52.8. The lowest BCUT2D eigenvalue weighted by Gasteiger charge is -2.37. The molecule has 11 nitrogen and oxygen atoms in total. The monoisotopic (exact) mass is 664 g/mol. The Hall–Kier alpha value is -5.68. The predicted molar refractivity (Wildman–Crippen MR) is 184 cm³/mol. The number of aryl methyl sites for hydroxylation is 1. The first-order valence-electron chi connectivity index (χ1n) is 16.1. The standard InChI is InChI=1S/C38H40N4O7/c1-48-37(45)41-34(33(28-16-7-3-8-17-28)29-18-9-4-10-19-29)36(44)40-31-20-12-11-15-27(31)21-22-30-24-42(38(46)47)32(25-49-30)35(43)39-23-26-13-5-2-6-14-26/h2-20,30,32-34H,21-25H2,1H3,(H,39,43)(H,40,44)(H,41,45)(H,46,47)/t30-,32+,34+/m1/s1. The predicted octanol–water partition coefficient (Wildman–Crippen LogP) is 5.18. The summed E-state index contributed by atoms with van der Waals surface area (Å²) in [6.07, 6.45) is -1.51. The summed E-state index contributed by atoms with van der Waals surface area (Å²) in [5.41, 5.74) is 3.93. The number of anilines is 1. The molecule has 1 aliphatic rings. The lowest BCUT2D eigenvalue weighted by Crippen LogP contribution is -2.57. The van der Waals surface area contributed by atoms with Crippen molar-refractivity contribution < 1.29 is 33.8 Å². The Bertz CT molecular complexity index is 1670. The molecular weight excluding hydrogens is 624 g/mol. The number of hydrogen-bond acceptors (Lipinski definition) is 6. The molecule has 1 aliphatic heterocycles. The Kier molecular flexibility index (Phi) is 12.0. The van der Waals surface area contributed by atoms with Crippen LogP contribution >= 0.6 is 0 Å². The number of rotatable bonds is 12. The van der Waals surface area contributed by atoms with Gasteiger partial charge in [0.15, 0.2) is 0 Å². The fourth-order valence-corrected chi connectivity index (χ4v) is 5.99. The fraction of sp³-hybridized carbons (Fsp3) is 0.263. The average Bonchev–Trinajstić information content (AvgIpc) is 3.14. The zero-order valence-corrected chi connectivity index (χ0v) is 27.2. The molecule has 5 rings (SSSR count). The molecule has 4 N–H and O–H groups in total. The van der Waals surface area contributed by atoms with Gasteiger partial charge in [-0.1, -0.05) is 109 Å². The van der Waals surface area contributed by atoms with Crippen molar-refractivity contribution in [2.45, 2.75) is 43.5 Å². The Balaban J connectivity index is 1.27. The number of ether oxygens (including phenoxy) is 2. The van der Waals surface area contributed by atoms with Crippen LogP contribution in [0.2, 0.25) is 0 Å². The highest BCUT2D eigenvalue weighted by Crippen LogP contribution is 2.30. The number of amides is 4. The molecule has 0 spiro atoms. The highest BCUT2D eigenvalue weighted by molar-refractivity contribution is 5.98. The summed E-state index contributed by atoms with van der Waals surface area (Å²) < 4.78 is 10.9. The SMILES string of the molecule is COC(=O)N[C@H](C(=O)Nc1ccccc1CC[C@@H]1CN(C(=O)O)[C@H](C(=O)NCc2ccccc2)CO1)C(c1ccccc1)c1ccccc1. The molecule has 0 radical (unpaired) electrons. The number of carbonyl (C=O) groups excluding carboxylic acids is 3. The van der Waals surface area contributed by atoms with Gasteiger partial charge in [-0.25, -0.2) is 9.59 Å². The van der Waals surface area contributed by atoms with E-state index in [4.69, 9.17) is 9.47 Å². The maximum absolute atomic E-state index is 14.1. The van der Waals surface area contributed by atoms with E-state index in [-0.39, 0.29) is 19.7 Å². The largest absolute Gasteiger partial charge is 0.465 e. The molecule has 0 bridgehead atoms.